The summed E-state index contributed by atoms with van der Waals surface area (Å²) in [5, 5.41) is 0.297. The number of esters is 1. The normalized spacial score (nSPS) is 16.4. The SMILES string of the molecule is COC(=O)c1ccc2c(=O)n(CC3CCCO3)c(SC(C)C(=O)c3ccc(OC)cc3)nc2c1. The Morgan fingerprint density at radius 2 is 1.91 bits per heavy atom. The number of Topliss-reactive ketones (excluding diaryl/α,β-unsaturated/α-hetero) is 1. The molecule has 0 amide bonds. The van der Waals surface area contributed by atoms with Crippen molar-refractivity contribution in [2.45, 2.75) is 42.8 Å². The molecule has 4 rings (SSSR count). The second kappa shape index (κ2) is 10.4. The zero-order chi connectivity index (χ0) is 24.2. The van der Waals surface area contributed by atoms with Crippen LogP contribution in [0.2, 0.25) is 0 Å². The van der Waals surface area contributed by atoms with Gasteiger partial charge in [-0.25, -0.2) is 9.78 Å². The van der Waals surface area contributed by atoms with Crippen molar-refractivity contribution in [1.29, 1.82) is 0 Å². The van der Waals surface area contributed by atoms with Crippen LogP contribution in [0.1, 0.15) is 40.5 Å². The Balaban J connectivity index is 1.71. The zero-order valence-electron chi connectivity index (χ0n) is 19.3. The summed E-state index contributed by atoms with van der Waals surface area (Å²) in [4.78, 5) is 43.2. The number of thioether (sulfide) groups is 1. The van der Waals surface area contributed by atoms with Crippen molar-refractivity contribution in [3.63, 3.8) is 0 Å². The first kappa shape index (κ1) is 24.0. The van der Waals surface area contributed by atoms with Gasteiger partial charge >= 0.3 is 5.97 Å². The topological polar surface area (TPSA) is 96.7 Å². The van der Waals surface area contributed by atoms with E-state index in [4.69, 9.17) is 14.2 Å². The van der Waals surface area contributed by atoms with Gasteiger partial charge in [-0.2, -0.15) is 0 Å². The van der Waals surface area contributed by atoms with Crippen LogP contribution in [0.15, 0.2) is 52.4 Å². The molecule has 2 aromatic carbocycles. The highest BCUT2D eigenvalue weighted by molar-refractivity contribution is 8.00. The molecule has 0 spiro atoms. The smallest absolute Gasteiger partial charge is 0.337 e. The lowest BCUT2D eigenvalue weighted by molar-refractivity contribution is 0.0600. The van der Waals surface area contributed by atoms with E-state index in [1.165, 1.54) is 18.9 Å². The van der Waals surface area contributed by atoms with E-state index in [0.717, 1.165) is 12.8 Å². The zero-order valence-corrected chi connectivity index (χ0v) is 20.1. The van der Waals surface area contributed by atoms with Gasteiger partial charge in [-0.15, -0.1) is 0 Å². The summed E-state index contributed by atoms with van der Waals surface area (Å²) in [5.41, 5.74) is 0.992. The number of benzene rings is 2. The highest BCUT2D eigenvalue weighted by atomic mass is 32.2. The van der Waals surface area contributed by atoms with Gasteiger partial charge in [0.2, 0.25) is 0 Å². The molecule has 9 heteroatoms. The lowest BCUT2D eigenvalue weighted by Crippen LogP contribution is -2.29. The minimum absolute atomic E-state index is 0.0850. The van der Waals surface area contributed by atoms with Gasteiger partial charge in [-0.1, -0.05) is 11.8 Å². The third kappa shape index (κ3) is 5.00. The first-order valence-corrected chi connectivity index (χ1v) is 11.9. The van der Waals surface area contributed by atoms with Crippen molar-refractivity contribution in [3.8, 4) is 5.75 Å². The Bertz CT molecular complexity index is 1260. The molecule has 178 valence electrons. The minimum Gasteiger partial charge on any atom is -0.497 e. The first-order chi connectivity index (χ1) is 16.4. The molecule has 2 unspecified atom stereocenters. The van der Waals surface area contributed by atoms with Gasteiger partial charge in [0, 0.05) is 12.2 Å². The number of rotatable bonds is 8. The fraction of sp³-hybridized carbons (Fsp3) is 0.360. The molecule has 3 aromatic rings. The molecular weight excluding hydrogens is 456 g/mol. The molecule has 8 nitrogen and oxygen atoms in total. The van der Waals surface area contributed by atoms with Crippen molar-refractivity contribution in [1.82, 2.24) is 9.55 Å². The molecule has 1 aromatic heterocycles. The van der Waals surface area contributed by atoms with E-state index in [2.05, 4.69) is 4.98 Å². The van der Waals surface area contributed by atoms with Crippen LogP contribution in [0.3, 0.4) is 0 Å². The van der Waals surface area contributed by atoms with Crippen molar-refractivity contribution in [2.75, 3.05) is 20.8 Å². The number of carbonyl (C=O) groups is 2. The van der Waals surface area contributed by atoms with Gasteiger partial charge in [-0.05, 0) is 62.2 Å². The van der Waals surface area contributed by atoms with Crippen molar-refractivity contribution in [2.24, 2.45) is 0 Å². The largest absolute Gasteiger partial charge is 0.497 e. The van der Waals surface area contributed by atoms with Crippen LogP contribution in [-0.2, 0) is 16.0 Å². The number of hydrogen-bond donors (Lipinski definition) is 0. The molecule has 1 aliphatic rings. The van der Waals surface area contributed by atoms with Crippen LogP contribution < -0.4 is 10.3 Å². The molecule has 34 heavy (non-hydrogen) atoms. The number of ether oxygens (including phenoxy) is 3. The van der Waals surface area contributed by atoms with E-state index in [1.807, 2.05) is 0 Å². The van der Waals surface area contributed by atoms with Crippen molar-refractivity contribution < 1.29 is 23.8 Å². The van der Waals surface area contributed by atoms with Crippen LogP contribution >= 0.6 is 11.8 Å². The molecular formula is C25H26N2O6S. The molecule has 0 radical (unpaired) electrons. The average Bonchev–Trinajstić information content (AvgIpc) is 3.38. The standard InChI is InChI=1S/C25H26N2O6S/c1-15(22(28)16-6-9-18(31-2)10-7-16)34-25-26-21-13-17(24(30)32-3)8-11-20(21)23(29)27(25)14-19-5-4-12-33-19/h6-11,13,15,19H,4-5,12,14H2,1-3H3. The summed E-state index contributed by atoms with van der Waals surface area (Å²) in [7, 11) is 2.87. The number of nitrogens with zero attached hydrogens (tertiary/aromatic N) is 2. The monoisotopic (exact) mass is 482 g/mol. The number of ketones is 1. The van der Waals surface area contributed by atoms with Crippen LogP contribution in [0.25, 0.3) is 10.9 Å². The lowest BCUT2D eigenvalue weighted by Gasteiger charge is -2.18. The van der Waals surface area contributed by atoms with E-state index in [-0.39, 0.29) is 17.4 Å². The number of fused-ring (bicyclic) bond motifs is 1. The Labute approximate surface area is 201 Å². The van der Waals surface area contributed by atoms with Gasteiger partial charge in [-0.3, -0.25) is 14.2 Å². The second-order valence-electron chi connectivity index (χ2n) is 8.02. The van der Waals surface area contributed by atoms with Gasteiger partial charge < -0.3 is 14.2 Å². The number of methoxy groups -OCH3 is 2. The fourth-order valence-electron chi connectivity index (χ4n) is 3.89. The van der Waals surface area contributed by atoms with Crippen LogP contribution in [0.4, 0.5) is 0 Å². The van der Waals surface area contributed by atoms with Gasteiger partial charge in [0.25, 0.3) is 5.56 Å². The molecule has 0 bridgehead atoms. The molecule has 0 saturated carbocycles. The Morgan fingerprint density at radius 3 is 2.56 bits per heavy atom. The fourth-order valence-corrected chi connectivity index (χ4v) is 4.89. The Kier molecular flexibility index (Phi) is 7.33. The molecule has 1 aliphatic heterocycles. The van der Waals surface area contributed by atoms with E-state index in [1.54, 1.807) is 61.1 Å². The van der Waals surface area contributed by atoms with E-state index >= 15 is 0 Å². The van der Waals surface area contributed by atoms with E-state index in [0.29, 0.717) is 46.1 Å². The van der Waals surface area contributed by atoms with Gasteiger partial charge in [0.1, 0.15) is 5.75 Å². The van der Waals surface area contributed by atoms with Crippen molar-refractivity contribution >= 4 is 34.4 Å². The van der Waals surface area contributed by atoms with Crippen molar-refractivity contribution in [3.05, 3.63) is 63.9 Å². The van der Waals surface area contributed by atoms with Gasteiger partial charge in [0.05, 0.1) is 48.6 Å². The van der Waals surface area contributed by atoms with Gasteiger partial charge in [0.15, 0.2) is 10.9 Å². The Hall–Kier alpha value is -3.17. The van der Waals surface area contributed by atoms with Crippen LogP contribution in [0.5, 0.6) is 5.75 Å². The third-order valence-electron chi connectivity index (χ3n) is 5.78. The summed E-state index contributed by atoms with van der Waals surface area (Å²) in [6.07, 6.45) is 1.71. The van der Waals surface area contributed by atoms with Crippen LogP contribution in [-0.4, -0.2) is 53.5 Å². The van der Waals surface area contributed by atoms with E-state index < -0.39 is 11.2 Å². The summed E-state index contributed by atoms with van der Waals surface area (Å²) < 4.78 is 17.3. The number of aromatic nitrogens is 2. The maximum Gasteiger partial charge on any atom is 0.337 e. The maximum absolute atomic E-state index is 13.4. The third-order valence-corrected chi connectivity index (χ3v) is 6.87. The number of carbonyl (C=O) groups excluding carboxylic acids is 2. The molecule has 1 saturated heterocycles. The average molecular weight is 483 g/mol. The molecule has 2 atom stereocenters. The summed E-state index contributed by atoms with van der Waals surface area (Å²) in [6.45, 7) is 2.80. The maximum atomic E-state index is 13.4. The summed E-state index contributed by atoms with van der Waals surface area (Å²) in [6, 6.07) is 11.6. The second-order valence-corrected chi connectivity index (χ2v) is 9.33. The molecule has 0 aliphatic carbocycles. The summed E-state index contributed by atoms with van der Waals surface area (Å²) in [5.74, 6) is 0.0679. The predicted molar refractivity (Wildman–Crippen MR) is 129 cm³/mol. The van der Waals surface area contributed by atoms with E-state index in [9.17, 15) is 14.4 Å². The van der Waals surface area contributed by atoms with Crippen LogP contribution in [0, 0.1) is 0 Å². The highest BCUT2D eigenvalue weighted by Gasteiger charge is 2.24. The Morgan fingerprint density at radius 1 is 1.18 bits per heavy atom. The minimum atomic E-state index is -0.510. The molecule has 2 heterocycles. The molecule has 1 fully saturated rings. The number of hydrogen-bond acceptors (Lipinski definition) is 8. The highest BCUT2D eigenvalue weighted by Crippen LogP contribution is 2.27. The first-order valence-electron chi connectivity index (χ1n) is 11.0. The predicted octanol–water partition coefficient (Wildman–Crippen LogP) is 3.73. The quantitative estimate of drug-likeness (QED) is 0.207. The lowest BCUT2D eigenvalue weighted by atomic mass is 10.1. The summed E-state index contributed by atoms with van der Waals surface area (Å²) >= 11 is 1.21. The molecule has 0 N–H and O–H groups in total.